The monoisotopic (exact) mass is 985 g/mol. The number of hydrogen-bond acceptors (Lipinski definition) is 15. The van der Waals surface area contributed by atoms with Crippen molar-refractivity contribution in [2.45, 2.75) is 120 Å². The van der Waals surface area contributed by atoms with Gasteiger partial charge in [0.2, 0.25) is 21.8 Å². The SMILES string of the molecule is C=C[C@@H]1C[C@]1(NC(=O)[C@@H]1C[C@@H](Oc2cc(-c3nc(C(C)C)cs3)nc3c(Cl)c(OCCN4CCOCC4)ccc23)[C@H]2CN(C(=O)OC(C)(C)C)[C@H](C(C)OC)C(=O)N21)C(=O)NS(=O)(=O)C1CC1. The van der Waals surface area contributed by atoms with Gasteiger partial charge in [0.15, 0.2) is 0 Å². The zero-order valence-electron chi connectivity index (χ0n) is 38.9. The molecule has 5 fully saturated rings. The van der Waals surface area contributed by atoms with Crippen molar-refractivity contribution in [1.29, 1.82) is 0 Å². The number of nitrogens with zero attached hydrogens (tertiary/aromatic N) is 5. The molecule has 0 radical (unpaired) electrons. The van der Waals surface area contributed by atoms with E-state index in [0.717, 1.165) is 18.8 Å². The van der Waals surface area contributed by atoms with Gasteiger partial charge in [0.25, 0.3) is 5.91 Å². The van der Waals surface area contributed by atoms with Crippen LogP contribution in [0, 0.1) is 5.92 Å². The Kier molecular flexibility index (Phi) is 13.9. The van der Waals surface area contributed by atoms with E-state index in [1.165, 1.54) is 34.3 Å². The molecular weight excluding hydrogens is 926 g/mol. The molecule has 2 aromatic heterocycles. The highest BCUT2D eigenvalue weighted by atomic mass is 35.5. The molecule has 8 rings (SSSR count). The summed E-state index contributed by atoms with van der Waals surface area (Å²) < 4.78 is 58.2. The molecule has 364 valence electrons. The van der Waals surface area contributed by atoms with Crippen LogP contribution < -0.4 is 19.5 Å². The minimum atomic E-state index is -3.96. The Balaban J connectivity index is 1.17. The van der Waals surface area contributed by atoms with E-state index in [1.807, 2.05) is 19.2 Å². The first-order valence-corrected chi connectivity index (χ1v) is 25.6. The highest BCUT2D eigenvalue weighted by Gasteiger charge is 2.63. The van der Waals surface area contributed by atoms with Gasteiger partial charge < -0.3 is 33.9 Å². The van der Waals surface area contributed by atoms with E-state index in [0.29, 0.717) is 72.3 Å². The fraction of sp³-hybridized carbons (Fsp3) is 0.609. The Hall–Kier alpha value is -4.60. The first kappa shape index (κ1) is 48.8. The molecule has 0 spiro atoms. The molecule has 18 nitrogen and oxygen atoms in total. The number of thiazole rings is 1. The summed E-state index contributed by atoms with van der Waals surface area (Å²) in [6.07, 6.45) is -0.145. The molecule has 1 aromatic carbocycles. The van der Waals surface area contributed by atoms with E-state index < -0.39 is 86.5 Å². The lowest BCUT2D eigenvalue weighted by Crippen LogP contribution is -2.69. The van der Waals surface area contributed by atoms with Gasteiger partial charge in [0, 0.05) is 62.5 Å². The molecule has 21 heteroatoms. The van der Waals surface area contributed by atoms with Crippen molar-refractivity contribution in [1.82, 2.24) is 34.7 Å². The van der Waals surface area contributed by atoms with Gasteiger partial charge in [-0.3, -0.25) is 28.9 Å². The third-order valence-electron chi connectivity index (χ3n) is 13.0. The maximum Gasteiger partial charge on any atom is 0.411 e. The molecule has 2 aliphatic carbocycles. The summed E-state index contributed by atoms with van der Waals surface area (Å²) >= 11 is 8.58. The lowest BCUT2D eigenvalue weighted by Gasteiger charge is -2.46. The van der Waals surface area contributed by atoms with Gasteiger partial charge in [-0.25, -0.2) is 23.2 Å². The third kappa shape index (κ3) is 10.1. The van der Waals surface area contributed by atoms with Gasteiger partial charge >= 0.3 is 6.09 Å². The predicted molar refractivity (Wildman–Crippen MR) is 251 cm³/mol. The number of amides is 4. The van der Waals surface area contributed by atoms with Crippen LogP contribution in [0.3, 0.4) is 0 Å². The second-order valence-electron chi connectivity index (χ2n) is 19.2. The van der Waals surface area contributed by atoms with Crippen LogP contribution in [0.15, 0.2) is 36.2 Å². The van der Waals surface area contributed by atoms with Gasteiger partial charge in [0.1, 0.15) is 63.2 Å². The van der Waals surface area contributed by atoms with Gasteiger partial charge in [-0.05, 0) is 65.0 Å². The summed E-state index contributed by atoms with van der Waals surface area (Å²) in [4.78, 5) is 72.5. The Labute approximate surface area is 400 Å². The molecule has 1 unspecified atom stereocenters. The van der Waals surface area contributed by atoms with E-state index in [2.05, 4.69) is 21.5 Å². The van der Waals surface area contributed by atoms with Crippen molar-refractivity contribution in [2.24, 2.45) is 5.92 Å². The summed E-state index contributed by atoms with van der Waals surface area (Å²) in [6, 6.07) is 1.93. The number of carbonyl (C=O) groups excluding carboxylic acids is 4. The van der Waals surface area contributed by atoms with E-state index in [1.54, 1.807) is 45.9 Å². The number of halogens is 1. The predicted octanol–water partition coefficient (Wildman–Crippen LogP) is 4.89. The summed E-state index contributed by atoms with van der Waals surface area (Å²) in [5, 5.41) is 5.53. The van der Waals surface area contributed by atoms with Crippen molar-refractivity contribution in [2.75, 3.05) is 53.1 Å². The number of aromatic nitrogens is 2. The molecule has 2 N–H and O–H groups in total. The van der Waals surface area contributed by atoms with Crippen LogP contribution in [-0.4, -0.2) is 157 Å². The molecule has 3 aliphatic heterocycles. The topological polar surface area (TPSA) is 208 Å². The number of piperazine rings is 1. The highest BCUT2D eigenvalue weighted by Crippen LogP contribution is 2.47. The first-order chi connectivity index (χ1) is 31.7. The van der Waals surface area contributed by atoms with Crippen LogP contribution in [0.2, 0.25) is 5.02 Å². The number of methoxy groups -OCH3 is 1. The number of carbonyl (C=O) groups is 4. The average molecular weight is 987 g/mol. The van der Waals surface area contributed by atoms with Crippen LogP contribution in [-0.2, 0) is 38.6 Å². The number of fused-ring (bicyclic) bond motifs is 2. The maximum absolute atomic E-state index is 15.0. The molecule has 2 saturated carbocycles. The Morgan fingerprint density at radius 2 is 1.85 bits per heavy atom. The summed E-state index contributed by atoms with van der Waals surface area (Å²) in [5.41, 5.74) is -0.802. The highest BCUT2D eigenvalue weighted by molar-refractivity contribution is 7.91. The fourth-order valence-corrected chi connectivity index (χ4v) is 11.5. The standard InChI is InChI=1S/C46H60ClN7O11S2/c1-9-27-22-46(27,43(57)51-67(59,60)28-10-11-28)50-40(55)32-21-36(33-23-53(44(58)65-45(5,6)7)39(26(4)61-8)42(56)54(32)33)64-35-20-30(41-49-31(24-66-41)25(2)3)48-38-29(35)12-13-34(37(38)47)63-19-16-52-14-17-62-18-15-52/h9,12-13,20,24-28,32-33,36,39H,1,10-11,14-19,21-23H2,2-8H3,(H,50,55)(H,51,57)/t26?,27-,32+,33-,36-,39-,46-/m1/s1. The van der Waals surface area contributed by atoms with E-state index >= 15 is 4.79 Å². The summed E-state index contributed by atoms with van der Waals surface area (Å²) in [6.45, 7) is 18.6. The minimum absolute atomic E-state index is 0.0837. The quantitative estimate of drug-likeness (QED) is 0.184. The Morgan fingerprint density at radius 1 is 1.12 bits per heavy atom. The summed E-state index contributed by atoms with van der Waals surface area (Å²) in [7, 11) is -2.54. The van der Waals surface area contributed by atoms with Crippen LogP contribution in [0.5, 0.6) is 11.5 Å². The molecule has 3 aromatic rings. The lowest BCUT2D eigenvalue weighted by molar-refractivity contribution is -0.156. The van der Waals surface area contributed by atoms with E-state index in [-0.39, 0.29) is 30.3 Å². The minimum Gasteiger partial charge on any atom is -0.491 e. The van der Waals surface area contributed by atoms with Crippen molar-refractivity contribution >= 4 is 67.7 Å². The van der Waals surface area contributed by atoms with Gasteiger partial charge in [-0.15, -0.1) is 17.9 Å². The summed E-state index contributed by atoms with van der Waals surface area (Å²) in [5.74, 6) is -1.84. The normalized spacial score (nSPS) is 26.0. The maximum atomic E-state index is 15.0. The van der Waals surface area contributed by atoms with Gasteiger partial charge in [-0.2, -0.15) is 0 Å². The van der Waals surface area contributed by atoms with Crippen LogP contribution in [0.25, 0.3) is 21.6 Å². The van der Waals surface area contributed by atoms with Crippen LogP contribution >= 0.6 is 22.9 Å². The Morgan fingerprint density at radius 3 is 2.48 bits per heavy atom. The zero-order valence-corrected chi connectivity index (χ0v) is 41.3. The number of hydrogen-bond donors (Lipinski definition) is 2. The number of pyridine rings is 1. The molecular formula is C46H60ClN7O11S2. The molecule has 5 heterocycles. The molecule has 5 aliphatic rings. The molecule has 0 bridgehead atoms. The fourth-order valence-electron chi connectivity index (χ4n) is 8.96. The van der Waals surface area contributed by atoms with Crippen LogP contribution in [0.1, 0.15) is 78.8 Å². The molecule has 4 amide bonds. The zero-order chi connectivity index (χ0) is 48.2. The van der Waals surface area contributed by atoms with E-state index in [9.17, 15) is 22.8 Å². The second kappa shape index (κ2) is 19.1. The number of ether oxygens (including phenoxy) is 5. The first-order valence-electron chi connectivity index (χ1n) is 22.8. The van der Waals surface area contributed by atoms with Crippen molar-refractivity contribution in [3.63, 3.8) is 0 Å². The van der Waals surface area contributed by atoms with Gasteiger partial charge in [0.05, 0.1) is 41.8 Å². The van der Waals surface area contributed by atoms with Crippen molar-refractivity contribution in [3.05, 3.63) is 47.0 Å². The lowest BCUT2D eigenvalue weighted by atomic mass is 10.0. The van der Waals surface area contributed by atoms with Crippen LogP contribution in [0.4, 0.5) is 4.79 Å². The number of rotatable bonds is 16. The largest absolute Gasteiger partial charge is 0.491 e. The number of morpholine rings is 1. The van der Waals surface area contributed by atoms with Crippen molar-refractivity contribution < 1.29 is 51.3 Å². The van der Waals surface area contributed by atoms with Gasteiger partial charge in [-0.1, -0.05) is 31.5 Å². The number of nitrogens with one attached hydrogen (secondary N) is 2. The number of benzene rings is 1. The molecule has 67 heavy (non-hydrogen) atoms. The molecule has 3 saturated heterocycles. The smallest absolute Gasteiger partial charge is 0.411 e. The van der Waals surface area contributed by atoms with Crippen molar-refractivity contribution in [3.8, 4) is 22.2 Å². The third-order valence-corrected chi connectivity index (χ3v) is 16.1. The average Bonchev–Trinajstić information content (AvgIpc) is 4.17. The second-order valence-corrected chi connectivity index (χ2v) is 22.4. The molecule has 7 atom stereocenters. The number of sulfonamides is 1. The Bertz CT molecular complexity index is 2530. The van der Waals surface area contributed by atoms with E-state index in [4.69, 9.17) is 45.3 Å².